The third-order valence-corrected chi connectivity index (χ3v) is 3.81. The van der Waals surface area contributed by atoms with Gasteiger partial charge in [-0.25, -0.2) is 0 Å². The summed E-state index contributed by atoms with van der Waals surface area (Å²) >= 11 is 0. The van der Waals surface area contributed by atoms with Gasteiger partial charge < -0.3 is 15.5 Å². The number of amides is 1. The molecule has 2 aromatic rings. The van der Waals surface area contributed by atoms with Crippen molar-refractivity contribution in [1.29, 1.82) is 0 Å². The van der Waals surface area contributed by atoms with Crippen LogP contribution < -0.4 is 10.6 Å². The maximum absolute atomic E-state index is 12.3. The lowest BCUT2D eigenvalue weighted by atomic mass is 10.2. The number of hydrogen-bond donors (Lipinski definition) is 1. The summed E-state index contributed by atoms with van der Waals surface area (Å²) in [5.41, 5.74) is 7.03. The van der Waals surface area contributed by atoms with Gasteiger partial charge in [-0.15, -0.1) is 10.2 Å². The van der Waals surface area contributed by atoms with Crippen LogP contribution in [0.4, 0.5) is 11.6 Å². The molecule has 8 heteroatoms. The molecule has 2 aromatic heterocycles. The normalized spacial score (nSPS) is 14.8. The van der Waals surface area contributed by atoms with Gasteiger partial charge in [0.25, 0.3) is 0 Å². The Bertz CT molecular complexity index is 663. The molecule has 0 spiro atoms. The first kappa shape index (κ1) is 15.1. The van der Waals surface area contributed by atoms with Gasteiger partial charge >= 0.3 is 0 Å². The van der Waals surface area contributed by atoms with E-state index in [0.717, 1.165) is 24.6 Å². The minimum atomic E-state index is 0.0544. The third-order valence-electron chi connectivity index (χ3n) is 3.81. The number of rotatable bonds is 3. The molecule has 3 rings (SSSR count). The molecule has 1 saturated heterocycles. The average Bonchev–Trinajstić information content (AvgIpc) is 2.58. The highest BCUT2D eigenvalue weighted by molar-refractivity contribution is 5.78. The molecular weight excluding hydrogens is 294 g/mol. The van der Waals surface area contributed by atoms with E-state index >= 15 is 0 Å². The summed E-state index contributed by atoms with van der Waals surface area (Å²) in [6.07, 6.45) is 0.248. The predicted octanol–water partition coefficient (Wildman–Crippen LogP) is 0.0485. The maximum atomic E-state index is 12.3. The highest BCUT2D eigenvalue weighted by Gasteiger charge is 2.22. The Morgan fingerprint density at radius 3 is 2.43 bits per heavy atom. The van der Waals surface area contributed by atoms with Crippen LogP contribution in [-0.2, 0) is 11.2 Å². The van der Waals surface area contributed by atoms with E-state index in [1.807, 2.05) is 24.0 Å². The second-order valence-corrected chi connectivity index (χ2v) is 5.53. The number of anilines is 2. The average molecular weight is 313 g/mol. The molecule has 1 amide bonds. The van der Waals surface area contributed by atoms with Crippen LogP contribution >= 0.6 is 0 Å². The van der Waals surface area contributed by atoms with E-state index in [1.165, 1.54) is 0 Å². The number of aryl methyl sites for hydroxylation is 1. The number of nitrogens with zero attached hydrogens (tertiary/aromatic N) is 6. The minimum absolute atomic E-state index is 0.0544. The van der Waals surface area contributed by atoms with Crippen LogP contribution in [0.5, 0.6) is 0 Å². The van der Waals surface area contributed by atoms with E-state index in [2.05, 4.69) is 25.3 Å². The summed E-state index contributed by atoms with van der Waals surface area (Å²) in [7, 11) is 0. The Balaban J connectivity index is 1.54. The Labute approximate surface area is 134 Å². The quantitative estimate of drug-likeness (QED) is 0.854. The number of carbonyl (C=O) groups is 1. The van der Waals surface area contributed by atoms with Crippen molar-refractivity contribution in [2.45, 2.75) is 13.3 Å². The van der Waals surface area contributed by atoms with Crippen molar-refractivity contribution < 1.29 is 4.79 Å². The second-order valence-electron chi connectivity index (χ2n) is 5.53. The first-order chi connectivity index (χ1) is 11.1. The molecule has 0 saturated carbocycles. The molecule has 0 atom stereocenters. The maximum Gasteiger partial charge on any atom is 0.228 e. The molecule has 3 heterocycles. The summed E-state index contributed by atoms with van der Waals surface area (Å²) in [6.45, 7) is 4.73. The zero-order valence-electron chi connectivity index (χ0n) is 13.0. The van der Waals surface area contributed by atoms with Crippen LogP contribution in [0.25, 0.3) is 0 Å². The van der Waals surface area contributed by atoms with Gasteiger partial charge in [-0.1, -0.05) is 0 Å². The zero-order chi connectivity index (χ0) is 16.2. The lowest BCUT2D eigenvalue weighted by molar-refractivity contribution is -0.130. The fourth-order valence-corrected chi connectivity index (χ4v) is 2.48. The summed E-state index contributed by atoms with van der Waals surface area (Å²) in [4.78, 5) is 16.3. The van der Waals surface area contributed by atoms with Crippen molar-refractivity contribution >= 4 is 17.5 Å². The predicted molar refractivity (Wildman–Crippen MR) is 85.7 cm³/mol. The number of piperazine rings is 1. The molecule has 1 aliphatic heterocycles. The van der Waals surface area contributed by atoms with Crippen LogP contribution in [0, 0.1) is 6.92 Å². The van der Waals surface area contributed by atoms with Crippen molar-refractivity contribution in [1.82, 2.24) is 25.3 Å². The highest BCUT2D eigenvalue weighted by Crippen LogP contribution is 2.13. The molecule has 1 fully saturated rings. The summed E-state index contributed by atoms with van der Waals surface area (Å²) in [6, 6.07) is 7.30. The van der Waals surface area contributed by atoms with Gasteiger partial charge in [-0.05, 0) is 31.2 Å². The van der Waals surface area contributed by atoms with E-state index in [-0.39, 0.29) is 12.3 Å². The molecule has 8 nitrogen and oxygen atoms in total. The van der Waals surface area contributed by atoms with Gasteiger partial charge in [0.05, 0.1) is 17.8 Å². The van der Waals surface area contributed by atoms with Crippen LogP contribution in [0.15, 0.2) is 24.3 Å². The van der Waals surface area contributed by atoms with E-state index in [9.17, 15) is 4.79 Å². The largest absolute Gasteiger partial charge is 0.382 e. The van der Waals surface area contributed by atoms with E-state index in [4.69, 9.17) is 5.73 Å². The van der Waals surface area contributed by atoms with Crippen molar-refractivity contribution in [3.8, 4) is 0 Å². The second kappa shape index (κ2) is 6.55. The summed E-state index contributed by atoms with van der Waals surface area (Å²) in [5, 5.41) is 16.0. The molecular formula is C15H19N7O. The van der Waals surface area contributed by atoms with Gasteiger partial charge in [-0.3, -0.25) is 4.79 Å². The smallest absolute Gasteiger partial charge is 0.228 e. The van der Waals surface area contributed by atoms with E-state index in [0.29, 0.717) is 24.6 Å². The van der Waals surface area contributed by atoms with Gasteiger partial charge in [0.15, 0.2) is 5.82 Å². The number of aromatic nitrogens is 4. The van der Waals surface area contributed by atoms with Crippen molar-refractivity contribution in [3.63, 3.8) is 0 Å². The Morgan fingerprint density at radius 1 is 1.04 bits per heavy atom. The van der Waals surface area contributed by atoms with Crippen molar-refractivity contribution in [3.05, 3.63) is 35.7 Å². The zero-order valence-corrected chi connectivity index (χ0v) is 13.0. The van der Waals surface area contributed by atoms with Crippen LogP contribution in [0.2, 0.25) is 0 Å². The topological polar surface area (TPSA) is 101 Å². The van der Waals surface area contributed by atoms with Gasteiger partial charge in [0, 0.05) is 26.2 Å². The monoisotopic (exact) mass is 313 g/mol. The molecule has 0 aliphatic carbocycles. The molecule has 1 aliphatic rings. The minimum Gasteiger partial charge on any atom is -0.382 e. The fourth-order valence-electron chi connectivity index (χ4n) is 2.48. The molecule has 0 unspecified atom stereocenters. The molecule has 0 bridgehead atoms. The Hall–Kier alpha value is -2.77. The van der Waals surface area contributed by atoms with Crippen LogP contribution in [0.1, 0.15) is 11.4 Å². The lowest BCUT2D eigenvalue weighted by Crippen LogP contribution is -2.49. The van der Waals surface area contributed by atoms with E-state index in [1.54, 1.807) is 12.1 Å². The van der Waals surface area contributed by atoms with Crippen molar-refractivity contribution in [2.24, 2.45) is 0 Å². The molecule has 120 valence electrons. The SMILES string of the molecule is Cc1ccc(N2CCN(C(=O)Cc3ccc(N)nn3)CC2)nn1. The molecule has 2 N–H and O–H groups in total. The van der Waals surface area contributed by atoms with Crippen LogP contribution in [0.3, 0.4) is 0 Å². The Kier molecular flexibility index (Phi) is 4.31. The summed E-state index contributed by atoms with van der Waals surface area (Å²) in [5.74, 6) is 1.26. The third kappa shape index (κ3) is 3.71. The van der Waals surface area contributed by atoms with Crippen molar-refractivity contribution in [2.75, 3.05) is 36.8 Å². The number of nitrogen functional groups attached to an aromatic ring is 1. The fraction of sp³-hybridized carbons (Fsp3) is 0.400. The number of hydrogen-bond acceptors (Lipinski definition) is 7. The van der Waals surface area contributed by atoms with Gasteiger partial charge in [0.2, 0.25) is 5.91 Å². The van der Waals surface area contributed by atoms with E-state index < -0.39 is 0 Å². The number of carbonyl (C=O) groups excluding carboxylic acids is 1. The van der Waals surface area contributed by atoms with Gasteiger partial charge in [-0.2, -0.15) is 10.2 Å². The highest BCUT2D eigenvalue weighted by atomic mass is 16.2. The molecule has 0 radical (unpaired) electrons. The molecule has 0 aromatic carbocycles. The van der Waals surface area contributed by atoms with Crippen LogP contribution in [-0.4, -0.2) is 57.4 Å². The standard InChI is InChI=1S/C15H19N7O/c1-11-2-5-14(20-17-11)21-6-8-22(9-7-21)15(23)10-12-3-4-13(16)19-18-12/h2-5H,6-10H2,1H3,(H2,16,19). The first-order valence-electron chi connectivity index (χ1n) is 7.53. The first-order valence-corrected chi connectivity index (χ1v) is 7.53. The van der Waals surface area contributed by atoms with Gasteiger partial charge in [0.1, 0.15) is 5.82 Å². The lowest BCUT2D eigenvalue weighted by Gasteiger charge is -2.35. The number of nitrogens with two attached hydrogens (primary N) is 1. The summed E-state index contributed by atoms with van der Waals surface area (Å²) < 4.78 is 0. The Morgan fingerprint density at radius 2 is 1.83 bits per heavy atom. The molecule has 23 heavy (non-hydrogen) atoms.